The van der Waals surface area contributed by atoms with Gasteiger partial charge in [-0.1, -0.05) is 11.8 Å². The lowest BCUT2D eigenvalue weighted by atomic mass is 10.2. The van der Waals surface area contributed by atoms with Gasteiger partial charge in [-0.05, 0) is 30.7 Å². The molecule has 1 saturated heterocycles. The Hall–Kier alpha value is -2.55. The SMILES string of the molecule is CCOc1cc(C=NN=C2NC(=O)CS2)ccc1OCC(N)=O. The van der Waals surface area contributed by atoms with E-state index in [9.17, 15) is 9.59 Å². The number of ether oxygens (including phenoxy) is 2. The zero-order chi connectivity index (χ0) is 16.7. The number of amides is 2. The van der Waals surface area contributed by atoms with Crippen molar-refractivity contribution in [3.8, 4) is 11.5 Å². The van der Waals surface area contributed by atoms with Crippen LogP contribution in [0.2, 0.25) is 0 Å². The van der Waals surface area contributed by atoms with Gasteiger partial charge in [0, 0.05) is 0 Å². The normalized spacial score (nSPS) is 15.9. The van der Waals surface area contributed by atoms with Crippen LogP contribution in [0.3, 0.4) is 0 Å². The van der Waals surface area contributed by atoms with E-state index in [1.54, 1.807) is 18.2 Å². The molecule has 1 aromatic rings. The van der Waals surface area contributed by atoms with E-state index >= 15 is 0 Å². The van der Waals surface area contributed by atoms with Crippen LogP contribution in [-0.2, 0) is 9.59 Å². The molecule has 122 valence electrons. The van der Waals surface area contributed by atoms with E-state index in [1.807, 2.05) is 6.92 Å². The molecule has 2 amide bonds. The largest absolute Gasteiger partial charge is 0.490 e. The van der Waals surface area contributed by atoms with Gasteiger partial charge in [-0.3, -0.25) is 9.59 Å². The van der Waals surface area contributed by atoms with Gasteiger partial charge in [0.05, 0.1) is 18.6 Å². The molecule has 0 spiro atoms. The Morgan fingerprint density at radius 2 is 2.26 bits per heavy atom. The number of nitrogens with zero attached hydrogens (tertiary/aromatic N) is 2. The van der Waals surface area contributed by atoms with Gasteiger partial charge in [0.2, 0.25) is 5.91 Å². The zero-order valence-electron chi connectivity index (χ0n) is 12.4. The van der Waals surface area contributed by atoms with E-state index in [-0.39, 0.29) is 12.5 Å². The van der Waals surface area contributed by atoms with Crippen molar-refractivity contribution in [2.45, 2.75) is 6.92 Å². The fourth-order valence-electron chi connectivity index (χ4n) is 1.67. The molecule has 0 aromatic heterocycles. The molecule has 0 saturated carbocycles. The van der Waals surface area contributed by atoms with Gasteiger partial charge >= 0.3 is 0 Å². The maximum Gasteiger partial charge on any atom is 0.255 e. The highest BCUT2D eigenvalue weighted by molar-refractivity contribution is 8.15. The number of hydrogen-bond donors (Lipinski definition) is 2. The fourth-order valence-corrected chi connectivity index (χ4v) is 2.30. The van der Waals surface area contributed by atoms with Crippen LogP contribution in [-0.4, -0.2) is 42.2 Å². The van der Waals surface area contributed by atoms with Gasteiger partial charge in [-0.15, -0.1) is 5.10 Å². The van der Waals surface area contributed by atoms with Gasteiger partial charge in [-0.2, -0.15) is 5.10 Å². The lowest BCUT2D eigenvalue weighted by Gasteiger charge is -2.11. The monoisotopic (exact) mass is 336 g/mol. The van der Waals surface area contributed by atoms with Crippen molar-refractivity contribution >= 4 is 35.0 Å². The van der Waals surface area contributed by atoms with E-state index in [1.165, 1.54) is 18.0 Å². The summed E-state index contributed by atoms with van der Waals surface area (Å²) >= 11 is 1.30. The molecule has 0 unspecified atom stereocenters. The minimum Gasteiger partial charge on any atom is -0.490 e. The summed E-state index contributed by atoms with van der Waals surface area (Å²) in [5.74, 6) is 0.611. The number of carbonyl (C=O) groups excluding carboxylic acids is 2. The van der Waals surface area contributed by atoms with Gasteiger partial charge in [0.15, 0.2) is 23.3 Å². The average molecular weight is 336 g/mol. The number of rotatable bonds is 7. The Balaban J connectivity index is 2.08. The molecule has 1 aliphatic rings. The number of hydrogen-bond acceptors (Lipinski definition) is 7. The first-order chi connectivity index (χ1) is 11.1. The van der Waals surface area contributed by atoms with Crippen LogP contribution in [0, 0.1) is 0 Å². The Kier molecular flexibility index (Phi) is 5.98. The van der Waals surface area contributed by atoms with Crippen molar-refractivity contribution in [3.05, 3.63) is 23.8 Å². The molecule has 0 aliphatic carbocycles. The third kappa shape index (κ3) is 5.29. The number of benzene rings is 1. The number of primary amides is 1. The molecular weight excluding hydrogens is 320 g/mol. The van der Waals surface area contributed by atoms with E-state index in [4.69, 9.17) is 15.2 Å². The van der Waals surface area contributed by atoms with E-state index in [0.717, 1.165) is 5.56 Å². The summed E-state index contributed by atoms with van der Waals surface area (Å²) in [7, 11) is 0. The topological polar surface area (TPSA) is 115 Å². The predicted molar refractivity (Wildman–Crippen MR) is 87.9 cm³/mol. The summed E-state index contributed by atoms with van der Waals surface area (Å²) in [6.07, 6.45) is 1.53. The van der Waals surface area contributed by atoms with Crippen molar-refractivity contribution in [3.63, 3.8) is 0 Å². The molecule has 1 heterocycles. The fraction of sp³-hybridized carbons (Fsp3) is 0.286. The van der Waals surface area contributed by atoms with Gasteiger partial charge in [0.25, 0.3) is 5.91 Å². The van der Waals surface area contributed by atoms with Gasteiger partial charge in [0.1, 0.15) is 0 Å². The molecule has 0 bridgehead atoms. The molecule has 1 aliphatic heterocycles. The Morgan fingerprint density at radius 1 is 1.43 bits per heavy atom. The van der Waals surface area contributed by atoms with Crippen molar-refractivity contribution in [2.24, 2.45) is 15.9 Å². The average Bonchev–Trinajstić information content (AvgIpc) is 2.92. The first kappa shape index (κ1) is 16.8. The third-order valence-corrected chi connectivity index (χ3v) is 3.44. The summed E-state index contributed by atoms with van der Waals surface area (Å²) < 4.78 is 10.7. The maximum atomic E-state index is 11.0. The second-order valence-electron chi connectivity index (χ2n) is 4.38. The lowest BCUT2D eigenvalue weighted by molar-refractivity contribution is -0.120. The molecule has 1 aromatic carbocycles. The van der Waals surface area contributed by atoms with Crippen LogP contribution < -0.4 is 20.5 Å². The molecule has 23 heavy (non-hydrogen) atoms. The molecular formula is C14H16N4O4S. The standard InChI is InChI=1S/C14H16N4O4S/c1-2-21-11-5-9(3-4-10(11)22-7-12(15)19)6-16-18-14-17-13(20)8-23-14/h3-6H,2,7-8H2,1H3,(H2,15,19)(H,17,18,20). The summed E-state index contributed by atoms with van der Waals surface area (Å²) in [5.41, 5.74) is 5.79. The van der Waals surface area contributed by atoms with Crippen LogP contribution in [0.25, 0.3) is 0 Å². The Labute approximate surface area is 137 Å². The minimum absolute atomic E-state index is 0.0847. The highest BCUT2D eigenvalue weighted by Gasteiger charge is 2.15. The third-order valence-electron chi connectivity index (χ3n) is 2.58. The van der Waals surface area contributed by atoms with Crippen LogP contribution >= 0.6 is 11.8 Å². The van der Waals surface area contributed by atoms with Crippen LogP contribution in [0.15, 0.2) is 28.4 Å². The Bertz CT molecular complexity index is 660. The minimum atomic E-state index is -0.565. The summed E-state index contributed by atoms with van der Waals surface area (Å²) in [5, 5.41) is 10.9. The van der Waals surface area contributed by atoms with Crippen LogP contribution in [0.1, 0.15) is 12.5 Å². The molecule has 2 rings (SSSR count). The molecule has 8 nitrogen and oxygen atoms in total. The lowest BCUT2D eigenvalue weighted by Crippen LogP contribution is -2.20. The van der Waals surface area contributed by atoms with Crippen molar-refractivity contribution in [1.82, 2.24) is 5.32 Å². The quantitative estimate of drug-likeness (QED) is 0.556. The van der Waals surface area contributed by atoms with E-state index in [2.05, 4.69) is 15.5 Å². The smallest absolute Gasteiger partial charge is 0.255 e. The second kappa shape index (κ2) is 8.18. The Morgan fingerprint density at radius 3 is 2.91 bits per heavy atom. The highest BCUT2D eigenvalue weighted by Crippen LogP contribution is 2.28. The van der Waals surface area contributed by atoms with Crippen LogP contribution in [0.5, 0.6) is 11.5 Å². The second-order valence-corrected chi connectivity index (χ2v) is 5.34. The maximum absolute atomic E-state index is 11.0. The van der Waals surface area contributed by atoms with Crippen molar-refractivity contribution in [2.75, 3.05) is 19.0 Å². The number of amidine groups is 1. The number of carbonyl (C=O) groups is 2. The van der Waals surface area contributed by atoms with Crippen LogP contribution in [0.4, 0.5) is 0 Å². The first-order valence-electron chi connectivity index (χ1n) is 6.80. The molecule has 3 N–H and O–H groups in total. The summed E-state index contributed by atoms with van der Waals surface area (Å²) in [4.78, 5) is 21.8. The predicted octanol–water partition coefficient (Wildman–Crippen LogP) is 0.502. The number of nitrogens with one attached hydrogen (secondary N) is 1. The number of nitrogens with two attached hydrogens (primary N) is 1. The van der Waals surface area contributed by atoms with Gasteiger partial charge in [-0.25, -0.2) is 0 Å². The highest BCUT2D eigenvalue weighted by atomic mass is 32.2. The van der Waals surface area contributed by atoms with E-state index < -0.39 is 5.91 Å². The molecule has 0 radical (unpaired) electrons. The summed E-state index contributed by atoms with van der Waals surface area (Å²) in [6.45, 7) is 2.06. The molecule has 0 atom stereocenters. The summed E-state index contributed by atoms with van der Waals surface area (Å²) in [6, 6.07) is 5.11. The van der Waals surface area contributed by atoms with E-state index in [0.29, 0.717) is 29.0 Å². The van der Waals surface area contributed by atoms with Gasteiger partial charge < -0.3 is 20.5 Å². The van der Waals surface area contributed by atoms with Crippen molar-refractivity contribution < 1.29 is 19.1 Å². The first-order valence-corrected chi connectivity index (χ1v) is 7.78. The zero-order valence-corrected chi connectivity index (χ0v) is 13.3. The molecule has 1 fully saturated rings. The molecule has 9 heteroatoms. The van der Waals surface area contributed by atoms with Crippen molar-refractivity contribution in [1.29, 1.82) is 0 Å². The number of thioether (sulfide) groups is 1.